The maximum Gasteiger partial charge on any atom is 0.238 e. The Hall–Kier alpha value is -9.45. The monoisotopic (exact) mass is 889 g/mol. The molecule has 15 rings (SSSR count). The molecule has 0 fully saturated rings. The van der Waals surface area contributed by atoms with Crippen molar-refractivity contribution in [2.24, 2.45) is 0 Å². The third kappa shape index (κ3) is 5.88. The first-order chi connectivity index (χ1) is 34.7. The maximum atomic E-state index is 5.30. The van der Waals surface area contributed by atoms with Crippen LogP contribution in [0.1, 0.15) is 0 Å². The van der Waals surface area contributed by atoms with Crippen molar-refractivity contribution in [1.82, 2.24) is 24.1 Å². The Morgan fingerprint density at radius 1 is 0.229 bits per heavy atom. The molecular formula is C65H39N5. The van der Waals surface area contributed by atoms with Gasteiger partial charge in [0.25, 0.3) is 0 Å². The molecule has 0 saturated heterocycles. The number of nitrogens with zero attached hydrogens (tertiary/aromatic N) is 5. The van der Waals surface area contributed by atoms with Gasteiger partial charge >= 0.3 is 0 Å². The van der Waals surface area contributed by atoms with E-state index in [-0.39, 0.29) is 0 Å². The third-order valence-corrected chi connectivity index (χ3v) is 14.5. The molecule has 0 unspecified atom stereocenters. The van der Waals surface area contributed by atoms with Gasteiger partial charge in [0.2, 0.25) is 5.95 Å². The number of para-hydroxylation sites is 2. The van der Waals surface area contributed by atoms with Crippen LogP contribution in [0.4, 0.5) is 0 Å². The summed E-state index contributed by atoms with van der Waals surface area (Å²) in [5, 5.41) is 17.0. The zero-order valence-electron chi connectivity index (χ0n) is 37.8. The molecule has 0 aliphatic carbocycles. The van der Waals surface area contributed by atoms with Gasteiger partial charge in [-0.1, -0.05) is 176 Å². The van der Waals surface area contributed by atoms with Gasteiger partial charge in [0.1, 0.15) is 0 Å². The molecule has 0 radical (unpaired) electrons. The number of fused-ring (bicyclic) bond motifs is 14. The van der Waals surface area contributed by atoms with Gasteiger partial charge in [-0.15, -0.1) is 0 Å². The van der Waals surface area contributed by atoms with E-state index < -0.39 is 0 Å². The molecule has 5 nitrogen and oxygen atoms in total. The standard InChI is InChI=1S/C65H39N5/c1-3-15-42-35-46(27-25-40(42)13-1)63-66-64(47-28-26-41-14-2-4-16-43(41)36-47)68-65(67-63)70-60-24-12-10-22-55(60)58-38-45(30-34-62(58)70)44-29-33-61-57(37-44)54-21-9-11-23-59(54)69(61)48-31-32-53-51-19-6-5-17-49(51)50-18-7-8-20-52(50)56(53)39-48/h1-39H. The number of hydrogen-bond acceptors (Lipinski definition) is 3. The van der Waals surface area contributed by atoms with E-state index in [1.54, 1.807) is 0 Å². The summed E-state index contributed by atoms with van der Waals surface area (Å²) in [6.45, 7) is 0. The summed E-state index contributed by atoms with van der Waals surface area (Å²) >= 11 is 0. The molecule has 0 amide bonds. The highest BCUT2D eigenvalue weighted by Gasteiger charge is 2.20. The summed E-state index contributed by atoms with van der Waals surface area (Å²) < 4.78 is 4.64. The number of rotatable bonds is 5. The van der Waals surface area contributed by atoms with Crippen LogP contribution in [0.3, 0.4) is 0 Å². The number of hydrogen-bond donors (Lipinski definition) is 0. The van der Waals surface area contributed by atoms with Gasteiger partial charge in [-0.2, -0.15) is 9.97 Å². The molecule has 0 atom stereocenters. The Bertz CT molecular complexity index is 4540. The molecule has 15 aromatic rings. The lowest BCUT2D eigenvalue weighted by atomic mass is 9.94. The van der Waals surface area contributed by atoms with E-state index in [0.717, 1.165) is 60.5 Å². The summed E-state index contributed by atoms with van der Waals surface area (Å²) in [6, 6.07) is 85.4. The van der Waals surface area contributed by atoms with Crippen molar-refractivity contribution in [2.45, 2.75) is 0 Å². The summed E-state index contributed by atoms with van der Waals surface area (Å²) in [6.07, 6.45) is 0. The fourth-order valence-corrected chi connectivity index (χ4v) is 11.2. The molecule has 0 aliphatic rings. The van der Waals surface area contributed by atoms with Gasteiger partial charge in [0.15, 0.2) is 11.6 Å². The van der Waals surface area contributed by atoms with Crippen molar-refractivity contribution >= 4 is 97.5 Å². The molecule has 3 aromatic heterocycles. The second-order valence-corrected chi connectivity index (χ2v) is 18.4. The van der Waals surface area contributed by atoms with Gasteiger partial charge in [0.05, 0.1) is 22.1 Å². The molecule has 12 aromatic carbocycles. The number of benzene rings is 12. The van der Waals surface area contributed by atoms with Gasteiger partial charge in [-0.25, -0.2) is 4.98 Å². The van der Waals surface area contributed by atoms with Gasteiger partial charge < -0.3 is 4.57 Å². The van der Waals surface area contributed by atoms with Crippen molar-refractivity contribution in [3.8, 4) is 45.5 Å². The molecule has 0 N–H and O–H groups in total. The summed E-state index contributed by atoms with van der Waals surface area (Å²) in [5.74, 6) is 1.82. The van der Waals surface area contributed by atoms with Crippen molar-refractivity contribution < 1.29 is 0 Å². The van der Waals surface area contributed by atoms with E-state index >= 15 is 0 Å². The predicted octanol–water partition coefficient (Wildman–Crippen LogP) is 16.8. The molecule has 0 saturated carbocycles. The van der Waals surface area contributed by atoms with Crippen molar-refractivity contribution in [3.63, 3.8) is 0 Å². The highest BCUT2D eigenvalue weighted by Crippen LogP contribution is 2.41. The van der Waals surface area contributed by atoms with Gasteiger partial charge in [-0.05, 0) is 126 Å². The van der Waals surface area contributed by atoms with Crippen LogP contribution >= 0.6 is 0 Å². The third-order valence-electron chi connectivity index (χ3n) is 14.5. The van der Waals surface area contributed by atoms with E-state index in [2.05, 4.69) is 246 Å². The van der Waals surface area contributed by atoms with Crippen LogP contribution in [0.5, 0.6) is 0 Å². The highest BCUT2D eigenvalue weighted by atomic mass is 15.2. The van der Waals surface area contributed by atoms with Crippen LogP contribution in [0.15, 0.2) is 237 Å². The highest BCUT2D eigenvalue weighted by molar-refractivity contribution is 6.26. The van der Waals surface area contributed by atoms with Crippen molar-refractivity contribution in [2.75, 3.05) is 0 Å². The summed E-state index contributed by atoms with van der Waals surface area (Å²) in [4.78, 5) is 15.8. The zero-order valence-corrected chi connectivity index (χ0v) is 37.8. The second kappa shape index (κ2) is 15.0. The molecule has 70 heavy (non-hydrogen) atoms. The topological polar surface area (TPSA) is 48.5 Å². The van der Waals surface area contributed by atoms with Crippen molar-refractivity contribution in [1.29, 1.82) is 0 Å². The van der Waals surface area contributed by atoms with Gasteiger partial charge in [0, 0.05) is 38.4 Å². The van der Waals surface area contributed by atoms with Crippen LogP contribution < -0.4 is 0 Å². The lowest BCUT2D eigenvalue weighted by Crippen LogP contribution is -2.06. The Kier molecular flexibility index (Phi) is 8.29. The molecule has 0 spiro atoms. The normalized spacial score (nSPS) is 12.0. The first-order valence-corrected chi connectivity index (χ1v) is 23.8. The first kappa shape index (κ1) is 38.6. The minimum atomic E-state index is 0.573. The average Bonchev–Trinajstić information content (AvgIpc) is 3.95. The molecular weight excluding hydrogens is 851 g/mol. The summed E-state index contributed by atoms with van der Waals surface area (Å²) in [5.41, 5.74) is 9.73. The fourth-order valence-electron chi connectivity index (χ4n) is 11.2. The molecule has 324 valence electrons. The van der Waals surface area contributed by atoms with Gasteiger partial charge in [-0.3, -0.25) is 4.57 Å². The second-order valence-electron chi connectivity index (χ2n) is 18.4. The fraction of sp³-hybridized carbons (Fsp3) is 0. The smallest absolute Gasteiger partial charge is 0.238 e. The lowest BCUT2D eigenvalue weighted by Gasteiger charge is -2.14. The van der Waals surface area contributed by atoms with Crippen LogP contribution in [0.25, 0.3) is 143 Å². The minimum Gasteiger partial charge on any atom is -0.309 e. The Morgan fingerprint density at radius 3 is 1.17 bits per heavy atom. The quantitative estimate of drug-likeness (QED) is 0.162. The van der Waals surface area contributed by atoms with E-state index in [1.165, 1.54) is 64.9 Å². The largest absolute Gasteiger partial charge is 0.309 e. The predicted molar refractivity (Wildman–Crippen MR) is 292 cm³/mol. The molecule has 0 bridgehead atoms. The summed E-state index contributed by atoms with van der Waals surface area (Å²) in [7, 11) is 0. The molecule has 3 heterocycles. The van der Waals surface area contributed by atoms with E-state index in [9.17, 15) is 0 Å². The van der Waals surface area contributed by atoms with E-state index in [0.29, 0.717) is 17.6 Å². The van der Waals surface area contributed by atoms with E-state index in [1.807, 2.05) is 0 Å². The van der Waals surface area contributed by atoms with E-state index in [4.69, 9.17) is 15.0 Å². The zero-order chi connectivity index (χ0) is 45.9. The molecule has 0 aliphatic heterocycles. The first-order valence-electron chi connectivity index (χ1n) is 23.8. The van der Waals surface area contributed by atoms with Crippen LogP contribution in [-0.4, -0.2) is 24.1 Å². The molecule has 5 heteroatoms. The number of aromatic nitrogens is 5. The Balaban J connectivity index is 0.894. The van der Waals surface area contributed by atoms with Crippen LogP contribution in [-0.2, 0) is 0 Å². The van der Waals surface area contributed by atoms with Crippen LogP contribution in [0.2, 0.25) is 0 Å². The maximum absolute atomic E-state index is 5.30. The average molecular weight is 890 g/mol. The van der Waals surface area contributed by atoms with Crippen LogP contribution in [0, 0.1) is 0 Å². The Morgan fingerprint density at radius 2 is 0.629 bits per heavy atom. The minimum absolute atomic E-state index is 0.573. The SMILES string of the molecule is c1ccc2cc(-c3nc(-c4ccc5ccccc5c4)nc(-n4c5ccccc5c5cc(-c6ccc7c(c6)c6ccccc6n7-c6ccc7c8ccccc8c8ccccc8c7c6)ccc54)n3)ccc2c1. The lowest BCUT2D eigenvalue weighted by molar-refractivity contribution is 0.954. The Labute approximate surface area is 401 Å². The van der Waals surface area contributed by atoms with Crippen molar-refractivity contribution in [3.05, 3.63) is 237 Å².